The smallest absolute Gasteiger partial charge is 0.00187 e. The molecule has 0 bridgehead atoms. The Balaban J connectivity index is 1.60. The summed E-state index contributed by atoms with van der Waals surface area (Å²) in [5.74, 6) is 0.899. The maximum Gasteiger partial charge on any atom is 0.00187 e. The zero-order valence-corrected chi connectivity index (χ0v) is 11.1. The van der Waals surface area contributed by atoms with Gasteiger partial charge in [-0.05, 0) is 63.6 Å². The lowest BCUT2D eigenvalue weighted by Gasteiger charge is -2.30. The van der Waals surface area contributed by atoms with Gasteiger partial charge < -0.3 is 10.2 Å². The van der Waals surface area contributed by atoms with Crippen LogP contribution in [0, 0.1) is 11.3 Å². The molecule has 0 radical (unpaired) electrons. The number of rotatable bonds is 6. The predicted molar refractivity (Wildman–Crippen MR) is 69.7 cm³/mol. The summed E-state index contributed by atoms with van der Waals surface area (Å²) in [7, 11) is 2.26. The van der Waals surface area contributed by atoms with Crippen LogP contribution in [0.15, 0.2) is 0 Å². The van der Waals surface area contributed by atoms with E-state index >= 15 is 0 Å². The van der Waals surface area contributed by atoms with Crippen molar-refractivity contribution >= 4 is 0 Å². The molecule has 0 aromatic heterocycles. The molecule has 1 N–H and O–H groups in total. The Kier molecular flexibility index (Phi) is 4.26. The second-order valence-corrected chi connectivity index (χ2v) is 6.15. The summed E-state index contributed by atoms with van der Waals surface area (Å²) in [6.07, 6.45) is 8.55. The molecular weight excluding hydrogens is 196 g/mol. The van der Waals surface area contributed by atoms with Gasteiger partial charge in [0.05, 0.1) is 0 Å². The first-order chi connectivity index (χ1) is 7.74. The van der Waals surface area contributed by atoms with E-state index < -0.39 is 0 Å². The zero-order valence-electron chi connectivity index (χ0n) is 11.1. The third-order valence-electron chi connectivity index (χ3n) is 4.39. The number of nitrogens with zero attached hydrogens (tertiary/aromatic N) is 1. The van der Waals surface area contributed by atoms with Gasteiger partial charge >= 0.3 is 0 Å². The highest BCUT2D eigenvalue weighted by molar-refractivity contribution is 4.94. The second kappa shape index (κ2) is 5.50. The van der Waals surface area contributed by atoms with Gasteiger partial charge in [-0.3, -0.25) is 0 Å². The molecule has 1 heterocycles. The van der Waals surface area contributed by atoms with Gasteiger partial charge in [-0.25, -0.2) is 0 Å². The fourth-order valence-electron chi connectivity index (χ4n) is 3.20. The fourth-order valence-corrected chi connectivity index (χ4v) is 3.20. The molecule has 0 aromatic rings. The molecule has 2 nitrogen and oxygen atoms in total. The fraction of sp³-hybridized carbons (Fsp3) is 1.00. The third-order valence-corrected chi connectivity index (χ3v) is 4.39. The molecule has 1 aliphatic heterocycles. The lowest BCUT2D eigenvalue weighted by molar-refractivity contribution is 0.203. The molecule has 2 fully saturated rings. The standard InChI is InChI=1S/C14H28N2/c1-3-6-14(7-8-14)12-15-10-13-5-4-9-16(2)11-13/h13,15H,3-12H2,1-2H3. The largest absolute Gasteiger partial charge is 0.316 e. The van der Waals surface area contributed by atoms with Crippen molar-refractivity contribution < 1.29 is 0 Å². The van der Waals surface area contributed by atoms with Gasteiger partial charge in [0, 0.05) is 13.1 Å². The highest BCUT2D eigenvalue weighted by Gasteiger charge is 2.40. The van der Waals surface area contributed by atoms with Crippen molar-refractivity contribution in [2.45, 2.75) is 45.4 Å². The van der Waals surface area contributed by atoms with E-state index in [2.05, 4.69) is 24.2 Å². The summed E-state index contributed by atoms with van der Waals surface area (Å²) in [6.45, 7) is 7.44. The predicted octanol–water partition coefficient (Wildman–Crippen LogP) is 2.50. The van der Waals surface area contributed by atoms with Crippen molar-refractivity contribution in [2.24, 2.45) is 11.3 Å². The Hall–Kier alpha value is -0.0800. The lowest BCUT2D eigenvalue weighted by Crippen LogP contribution is -2.38. The molecular formula is C14H28N2. The van der Waals surface area contributed by atoms with E-state index in [-0.39, 0.29) is 0 Å². The molecule has 2 aliphatic rings. The first-order valence-electron chi connectivity index (χ1n) is 7.13. The molecule has 1 saturated heterocycles. The van der Waals surface area contributed by atoms with E-state index in [1.54, 1.807) is 0 Å². The quantitative estimate of drug-likeness (QED) is 0.746. The molecule has 0 spiro atoms. The Morgan fingerprint density at radius 3 is 2.81 bits per heavy atom. The molecule has 2 heteroatoms. The summed E-state index contributed by atoms with van der Waals surface area (Å²) in [5.41, 5.74) is 0.718. The van der Waals surface area contributed by atoms with Crippen molar-refractivity contribution in [3.05, 3.63) is 0 Å². The number of hydrogen-bond acceptors (Lipinski definition) is 2. The van der Waals surface area contributed by atoms with Crippen molar-refractivity contribution in [3.8, 4) is 0 Å². The minimum absolute atomic E-state index is 0.718. The minimum atomic E-state index is 0.718. The molecule has 0 aromatic carbocycles. The van der Waals surface area contributed by atoms with E-state index in [1.807, 2.05) is 0 Å². The minimum Gasteiger partial charge on any atom is -0.316 e. The molecule has 0 amide bonds. The van der Waals surface area contributed by atoms with Crippen LogP contribution in [0.3, 0.4) is 0 Å². The van der Waals surface area contributed by atoms with Crippen LogP contribution in [-0.2, 0) is 0 Å². The van der Waals surface area contributed by atoms with Crippen LogP contribution in [0.2, 0.25) is 0 Å². The Labute approximate surface area is 101 Å². The van der Waals surface area contributed by atoms with E-state index in [0.717, 1.165) is 11.3 Å². The normalized spacial score (nSPS) is 29.2. The summed E-state index contributed by atoms with van der Waals surface area (Å²) >= 11 is 0. The molecule has 94 valence electrons. The second-order valence-electron chi connectivity index (χ2n) is 6.15. The SMILES string of the molecule is CCCC1(CNCC2CCCN(C)C2)CC1. The molecule has 1 atom stereocenters. The summed E-state index contributed by atoms with van der Waals surface area (Å²) in [5, 5.41) is 3.74. The maximum absolute atomic E-state index is 3.74. The van der Waals surface area contributed by atoms with Crippen molar-refractivity contribution in [3.63, 3.8) is 0 Å². The Morgan fingerprint density at radius 1 is 1.38 bits per heavy atom. The zero-order chi connectivity index (χ0) is 11.4. The van der Waals surface area contributed by atoms with Gasteiger partial charge in [-0.15, -0.1) is 0 Å². The molecule has 1 unspecified atom stereocenters. The van der Waals surface area contributed by atoms with Crippen LogP contribution in [-0.4, -0.2) is 38.1 Å². The molecule has 2 rings (SSSR count). The Morgan fingerprint density at radius 2 is 2.19 bits per heavy atom. The van der Waals surface area contributed by atoms with Crippen LogP contribution < -0.4 is 5.32 Å². The van der Waals surface area contributed by atoms with Crippen LogP contribution >= 0.6 is 0 Å². The summed E-state index contributed by atoms with van der Waals surface area (Å²) in [6, 6.07) is 0. The number of hydrogen-bond donors (Lipinski definition) is 1. The molecule has 1 aliphatic carbocycles. The van der Waals surface area contributed by atoms with Gasteiger partial charge in [0.1, 0.15) is 0 Å². The summed E-state index contributed by atoms with van der Waals surface area (Å²) < 4.78 is 0. The highest BCUT2D eigenvalue weighted by Crippen LogP contribution is 2.48. The highest BCUT2D eigenvalue weighted by atomic mass is 15.1. The van der Waals surface area contributed by atoms with Gasteiger partial charge in [0.2, 0.25) is 0 Å². The first kappa shape index (κ1) is 12.4. The van der Waals surface area contributed by atoms with Gasteiger partial charge in [0.25, 0.3) is 0 Å². The van der Waals surface area contributed by atoms with Crippen LogP contribution in [0.1, 0.15) is 45.4 Å². The van der Waals surface area contributed by atoms with E-state index in [9.17, 15) is 0 Å². The van der Waals surface area contributed by atoms with Crippen molar-refractivity contribution in [1.82, 2.24) is 10.2 Å². The van der Waals surface area contributed by atoms with E-state index in [4.69, 9.17) is 0 Å². The van der Waals surface area contributed by atoms with E-state index in [0.29, 0.717) is 0 Å². The van der Waals surface area contributed by atoms with E-state index in [1.165, 1.54) is 64.7 Å². The van der Waals surface area contributed by atoms with Crippen LogP contribution in [0.25, 0.3) is 0 Å². The molecule has 1 saturated carbocycles. The van der Waals surface area contributed by atoms with Crippen LogP contribution in [0.5, 0.6) is 0 Å². The summed E-state index contributed by atoms with van der Waals surface area (Å²) in [4.78, 5) is 2.48. The Bertz CT molecular complexity index is 211. The van der Waals surface area contributed by atoms with Gasteiger partial charge in [-0.1, -0.05) is 13.3 Å². The van der Waals surface area contributed by atoms with Crippen LogP contribution in [0.4, 0.5) is 0 Å². The number of likely N-dealkylation sites (tertiary alicyclic amines) is 1. The monoisotopic (exact) mass is 224 g/mol. The number of piperidine rings is 1. The average Bonchev–Trinajstić information content (AvgIpc) is 2.99. The maximum atomic E-state index is 3.74. The average molecular weight is 224 g/mol. The van der Waals surface area contributed by atoms with Gasteiger partial charge in [0.15, 0.2) is 0 Å². The third kappa shape index (κ3) is 3.46. The topological polar surface area (TPSA) is 15.3 Å². The number of nitrogens with one attached hydrogen (secondary N) is 1. The van der Waals surface area contributed by atoms with Crippen molar-refractivity contribution in [1.29, 1.82) is 0 Å². The van der Waals surface area contributed by atoms with Crippen molar-refractivity contribution in [2.75, 3.05) is 33.2 Å². The molecule has 16 heavy (non-hydrogen) atoms. The first-order valence-corrected chi connectivity index (χ1v) is 7.13. The van der Waals surface area contributed by atoms with Gasteiger partial charge in [-0.2, -0.15) is 0 Å². The lowest BCUT2D eigenvalue weighted by atomic mass is 9.97.